The number of rotatable bonds is 6. The van der Waals surface area contributed by atoms with Gasteiger partial charge in [-0.05, 0) is 42.7 Å². The summed E-state index contributed by atoms with van der Waals surface area (Å²) >= 11 is 0. The molecule has 0 spiro atoms. The fourth-order valence-corrected chi connectivity index (χ4v) is 3.97. The molecular weight excluding hydrogens is 398 g/mol. The second kappa shape index (κ2) is 8.26. The lowest BCUT2D eigenvalue weighted by atomic mass is 9.72. The summed E-state index contributed by atoms with van der Waals surface area (Å²) in [5.41, 5.74) is -0.572. The van der Waals surface area contributed by atoms with Gasteiger partial charge in [-0.2, -0.15) is 13.6 Å². The topological polar surface area (TPSA) is 121 Å². The summed E-state index contributed by atoms with van der Waals surface area (Å²) in [6, 6.07) is 10.5. The molecule has 9 nitrogen and oxygen atoms in total. The molecule has 1 aromatic carbocycles. The molecule has 0 aliphatic carbocycles. The van der Waals surface area contributed by atoms with E-state index in [0.717, 1.165) is 0 Å². The van der Waals surface area contributed by atoms with Crippen LogP contribution in [0.4, 0.5) is 5.82 Å². The van der Waals surface area contributed by atoms with Crippen molar-refractivity contribution in [2.45, 2.75) is 18.3 Å². The van der Waals surface area contributed by atoms with Gasteiger partial charge in [0.15, 0.2) is 11.6 Å². The molecule has 29 heavy (non-hydrogen) atoms. The summed E-state index contributed by atoms with van der Waals surface area (Å²) < 4.78 is 38.1. The number of ether oxygens (including phenoxy) is 2. The molecule has 0 bridgehead atoms. The first-order valence-corrected chi connectivity index (χ1v) is 10.4. The number of nitrogens with two attached hydrogens (primary N) is 1. The highest BCUT2D eigenvalue weighted by Crippen LogP contribution is 2.40. The minimum Gasteiger partial charge on any atom is -0.497 e. The van der Waals surface area contributed by atoms with Crippen molar-refractivity contribution in [3.8, 4) is 11.5 Å². The Hall–Kier alpha value is -2.85. The van der Waals surface area contributed by atoms with Crippen molar-refractivity contribution in [2.24, 2.45) is 5.14 Å². The Morgan fingerprint density at radius 1 is 1.14 bits per heavy atom. The van der Waals surface area contributed by atoms with Crippen molar-refractivity contribution in [1.29, 1.82) is 0 Å². The minimum atomic E-state index is -4.44. The average Bonchev–Trinajstić information content (AvgIpc) is 2.72. The van der Waals surface area contributed by atoms with Crippen molar-refractivity contribution < 1.29 is 26.9 Å². The van der Waals surface area contributed by atoms with E-state index in [1.165, 1.54) is 7.11 Å². The van der Waals surface area contributed by atoms with Gasteiger partial charge >= 0.3 is 16.3 Å². The highest BCUT2D eigenvalue weighted by atomic mass is 32.2. The molecule has 2 N–H and O–H groups in total. The van der Waals surface area contributed by atoms with Gasteiger partial charge in [0, 0.05) is 19.3 Å². The summed E-state index contributed by atoms with van der Waals surface area (Å²) in [6.45, 7) is 0.870. The van der Waals surface area contributed by atoms with Crippen molar-refractivity contribution >= 4 is 22.1 Å². The Morgan fingerprint density at radius 3 is 2.48 bits per heavy atom. The van der Waals surface area contributed by atoms with E-state index in [1.807, 2.05) is 11.0 Å². The number of nitrogens with zero attached hydrogens (tertiary/aromatic N) is 2. The second-order valence-electron chi connectivity index (χ2n) is 6.69. The Morgan fingerprint density at radius 2 is 1.86 bits per heavy atom. The first-order chi connectivity index (χ1) is 13.8. The molecule has 0 radical (unpaired) electrons. The largest absolute Gasteiger partial charge is 0.497 e. The molecule has 1 aliphatic heterocycles. The Bertz CT molecular complexity index is 987. The Kier molecular flexibility index (Phi) is 5.94. The smallest absolute Gasteiger partial charge is 0.382 e. The van der Waals surface area contributed by atoms with Gasteiger partial charge in [0.2, 0.25) is 0 Å². The van der Waals surface area contributed by atoms with Crippen molar-refractivity contribution in [2.75, 3.05) is 32.2 Å². The fraction of sp³-hybridized carbons (Fsp3) is 0.368. The van der Waals surface area contributed by atoms with E-state index >= 15 is 0 Å². The summed E-state index contributed by atoms with van der Waals surface area (Å²) in [6.07, 6.45) is 2.26. The Balaban J connectivity index is 1.95. The zero-order valence-corrected chi connectivity index (χ0v) is 17.0. The first kappa shape index (κ1) is 20.9. The third kappa shape index (κ3) is 4.43. The lowest BCUT2D eigenvalue weighted by Gasteiger charge is -2.40. The molecule has 0 amide bonds. The third-order valence-electron chi connectivity index (χ3n) is 5.09. The van der Waals surface area contributed by atoms with Crippen LogP contribution in [0.3, 0.4) is 0 Å². The molecule has 0 unspecified atom stereocenters. The van der Waals surface area contributed by atoms with E-state index in [1.54, 1.807) is 43.6 Å². The van der Waals surface area contributed by atoms with E-state index < -0.39 is 21.7 Å². The van der Waals surface area contributed by atoms with E-state index in [0.29, 0.717) is 48.8 Å². The van der Waals surface area contributed by atoms with Gasteiger partial charge in [0.25, 0.3) is 0 Å². The summed E-state index contributed by atoms with van der Waals surface area (Å²) in [7, 11) is -1.36. The van der Waals surface area contributed by atoms with Crippen LogP contribution in [0.5, 0.6) is 11.5 Å². The SMILES string of the molecule is COc1cccc(C2(C(=O)OS(N)(=O)=O)CCN(c3ncccc3OC)CC2)c1. The number of piperidine rings is 1. The maximum absolute atomic E-state index is 12.9. The van der Waals surface area contributed by atoms with Crippen LogP contribution in [0.15, 0.2) is 42.6 Å². The number of benzene rings is 1. The van der Waals surface area contributed by atoms with E-state index in [4.69, 9.17) is 14.6 Å². The quantitative estimate of drug-likeness (QED) is 0.743. The number of pyridine rings is 1. The number of carbonyl (C=O) groups is 1. The van der Waals surface area contributed by atoms with Gasteiger partial charge in [0.1, 0.15) is 5.75 Å². The van der Waals surface area contributed by atoms with Crippen molar-refractivity contribution in [1.82, 2.24) is 4.98 Å². The third-order valence-corrected chi connectivity index (χ3v) is 5.48. The number of methoxy groups -OCH3 is 2. The van der Waals surface area contributed by atoms with E-state index in [2.05, 4.69) is 9.17 Å². The molecular formula is C19H23N3O6S. The van der Waals surface area contributed by atoms with Gasteiger partial charge < -0.3 is 18.6 Å². The fourth-order valence-electron chi connectivity index (χ4n) is 3.60. The van der Waals surface area contributed by atoms with Crippen LogP contribution in [-0.2, 0) is 24.7 Å². The number of carbonyl (C=O) groups excluding carboxylic acids is 1. The number of anilines is 1. The Labute approximate surface area is 169 Å². The lowest BCUT2D eigenvalue weighted by molar-refractivity contribution is -0.141. The maximum atomic E-state index is 12.9. The average molecular weight is 421 g/mol. The van der Waals surface area contributed by atoms with Gasteiger partial charge in [-0.15, -0.1) is 0 Å². The van der Waals surface area contributed by atoms with Gasteiger partial charge in [-0.25, -0.2) is 9.78 Å². The van der Waals surface area contributed by atoms with Gasteiger partial charge in [-0.1, -0.05) is 12.1 Å². The molecule has 1 fully saturated rings. The number of hydrogen-bond donors (Lipinski definition) is 1. The van der Waals surface area contributed by atoms with Gasteiger partial charge in [0.05, 0.1) is 19.6 Å². The molecule has 1 aromatic heterocycles. The van der Waals surface area contributed by atoms with Crippen molar-refractivity contribution in [3.63, 3.8) is 0 Å². The van der Waals surface area contributed by atoms with Crippen LogP contribution < -0.4 is 19.5 Å². The van der Waals surface area contributed by atoms with Gasteiger partial charge in [-0.3, -0.25) is 0 Å². The monoisotopic (exact) mass is 421 g/mol. The normalized spacial score (nSPS) is 16.2. The predicted molar refractivity (Wildman–Crippen MR) is 106 cm³/mol. The predicted octanol–water partition coefficient (Wildman–Crippen LogP) is 1.38. The van der Waals surface area contributed by atoms with Crippen LogP contribution in [-0.4, -0.2) is 46.7 Å². The zero-order valence-electron chi connectivity index (χ0n) is 16.2. The zero-order chi connectivity index (χ0) is 21.1. The second-order valence-corrected chi connectivity index (χ2v) is 7.85. The highest BCUT2D eigenvalue weighted by molar-refractivity contribution is 7.84. The molecule has 2 heterocycles. The summed E-state index contributed by atoms with van der Waals surface area (Å²) in [5.74, 6) is 0.933. The van der Waals surface area contributed by atoms with Crippen LogP contribution in [0.25, 0.3) is 0 Å². The van der Waals surface area contributed by atoms with Crippen LogP contribution in [0.2, 0.25) is 0 Å². The molecule has 3 rings (SSSR count). The highest BCUT2D eigenvalue weighted by Gasteiger charge is 2.46. The first-order valence-electron chi connectivity index (χ1n) is 8.94. The molecule has 2 aromatic rings. The molecule has 10 heteroatoms. The maximum Gasteiger partial charge on any atom is 0.382 e. The number of hydrogen-bond acceptors (Lipinski definition) is 8. The standard InChI is InChI=1S/C19H23N3O6S/c1-26-15-6-3-5-14(13-15)19(18(23)28-29(20,24)25)8-11-22(12-9-19)17-16(27-2)7-4-10-21-17/h3-7,10,13H,8-9,11-12H2,1-2H3,(H2,20,24,25). The molecule has 0 saturated carbocycles. The summed E-state index contributed by atoms with van der Waals surface area (Å²) in [4.78, 5) is 19.3. The van der Waals surface area contributed by atoms with Crippen LogP contribution in [0.1, 0.15) is 18.4 Å². The molecule has 156 valence electrons. The lowest BCUT2D eigenvalue weighted by Crippen LogP contribution is -2.49. The summed E-state index contributed by atoms with van der Waals surface area (Å²) in [5, 5.41) is 4.96. The minimum absolute atomic E-state index is 0.300. The molecule has 1 saturated heterocycles. The van der Waals surface area contributed by atoms with Crippen molar-refractivity contribution in [3.05, 3.63) is 48.2 Å². The molecule has 1 aliphatic rings. The van der Waals surface area contributed by atoms with E-state index in [-0.39, 0.29) is 0 Å². The van der Waals surface area contributed by atoms with Crippen LogP contribution >= 0.6 is 0 Å². The molecule has 0 atom stereocenters. The van der Waals surface area contributed by atoms with E-state index in [9.17, 15) is 13.2 Å². The van der Waals surface area contributed by atoms with Crippen LogP contribution in [0, 0.1) is 0 Å². The number of aromatic nitrogens is 1.